The van der Waals surface area contributed by atoms with E-state index in [1.54, 1.807) is 27.7 Å². The van der Waals surface area contributed by atoms with Crippen molar-refractivity contribution in [2.45, 2.75) is 83.9 Å². The number of carbonyl (C=O) groups excluding carboxylic acids is 5. The van der Waals surface area contributed by atoms with E-state index in [9.17, 15) is 47.0 Å². The van der Waals surface area contributed by atoms with Gasteiger partial charge in [0, 0.05) is 36.7 Å². The number of nitrogens with one attached hydrogen (secondary N) is 5. The Bertz CT molecular complexity index is 1230. The zero-order valence-electron chi connectivity index (χ0n) is 24.6. The standard InChI is InChI=1S/C27H37F3N6O8/c1-13(2)10-18(23(39)34-17(11-15-8-9-31-22(15)38)21(37)25(41)32-14(3)4)35-24(40)19(36-26(42)43)12-16-6-5-7-20(33-16)44-27(28,29)30/h5-7,13-15,17-19,36H,8-12H2,1-4H3,(H,31,38)(H,32,41)(H,34,39)(H,35,40)(H,42,43)/t15-,17-,18-,19-/m0/s1. The van der Waals surface area contributed by atoms with E-state index in [-0.39, 0.29) is 36.4 Å². The third-order valence-electron chi connectivity index (χ3n) is 6.33. The topological polar surface area (TPSA) is 205 Å². The monoisotopic (exact) mass is 630 g/mol. The first-order valence-corrected chi connectivity index (χ1v) is 13.9. The highest BCUT2D eigenvalue weighted by Crippen LogP contribution is 2.21. The smallest absolute Gasteiger partial charge is 0.465 e. The normalized spacial score (nSPS) is 16.8. The maximum absolute atomic E-state index is 13.4. The predicted octanol–water partition coefficient (Wildman–Crippen LogP) is 0.795. The molecular weight excluding hydrogens is 593 g/mol. The molecule has 44 heavy (non-hydrogen) atoms. The van der Waals surface area contributed by atoms with Crippen LogP contribution in [-0.2, 0) is 30.4 Å². The van der Waals surface area contributed by atoms with Crippen LogP contribution >= 0.6 is 0 Å². The second-order valence-electron chi connectivity index (χ2n) is 11.0. The van der Waals surface area contributed by atoms with Crippen LogP contribution in [0.1, 0.15) is 52.7 Å². The van der Waals surface area contributed by atoms with Crippen molar-refractivity contribution in [1.82, 2.24) is 31.6 Å². The Balaban J connectivity index is 2.27. The van der Waals surface area contributed by atoms with Gasteiger partial charge < -0.3 is 36.4 Å². The van der Waals surface area contributed by atoms with Crippen molar-refractivity contribution >= 4 is 35.5 Å². The van der Waals surface area contributed by atoms with Gasteiger partial charge in [-0.25, -0.2) is 9.78 Å². The van der Waals surface area contributed by atoms with Gasteiger partial charge >= 0.3 is 12.5 Å². The summed E-state index contributed by atoms with van der Waals surface area (Å²) in [4.78, 5) is 79.4. The second kappa shape index (κ2) is 15.9. The lowest BCUT2D eigenvalue weighted by Gasteiger charge is -2.26. The molecule has 17 heteroatoms. The van der Waals surface area contributed by atoms with Gasteiger partial charge in [0.1, 0.15) is 12.1 Å². The fourth-order valence-corrected chi connectivity index (χ4v) is 4.44. The number of ketones is 1. The number of aromatic nitrogens is 1. The summed E-state index contributed by atoms with van der Waals surface area (Å²) in [6.45, 7) is 7.09. The average Bonchev–Trinajstić information content (AvgIpc) is 3.29. The molecule has 0 aromatic carbocycles. The summed E-state index contributed by atoms with van der Waals surface area (Å²) in [5, 5.41) is 21.2. The van der Waals surface area contributed by atoms with Crippen LogP contribution in [0.3, 0.4) is 0 Å². The number of ether oxygens (including phenoxy) is 1. The first-order chi connectivity index (χ1) is 20.4. The number of rotatable bonds is 15. The van der Waals surface area contributed by atoms with E-state index in [1.807, 2.05) is 5.32 Å². The van der Waals surface area contributed by atoms with Gasteiger partial charge in [0.2, 0.25) is 29.4 Å². The molecule has 2 rings (SSSR count). The van der Waals surface area contributed by atoms with E-state index in [4.69, 9.17) is 0 Å². The van der Waals surface area contributed by atoms with E-state index in [2.05, 4.69) is 31.0 Å². The summed E-state index contributed by atoms with van der Waals surface area (Å²) in [7, 11) is 0. The van der Waals surface area contributed by atoms with Crippen molar-refractivity contribution < 1.29 is 51.8 Å². The number of amides is 5. The number of nitrogens with zero attached hydrogens (tertiary/aromatic N) is 1. The van der Waals surface area contributed by atoms with Crippen LogP contribution in [0, 0.1) is 11.8 Å². The number of halogens is 3. The van der Waals surface area contributed by atoms with Crippen LogP contribution in [0.25, 0.3) is 0 Å². The van der Waals surface area contributed by atoms with Crippen molar-refractivity contribution in [3.8, 4) is 5.88 Å². The minimum atomic E-state index is -5.03. The van der Waals surface area contributed by atoms with Crippen molar-refractivity contribution in [3.63, 3.8) is 0 Å². The quantitative estimate of drug-likeness (QED) is 0.151. The third-order valence-corrected chi connectivity index (χ3v) is 6.33. The van der Waals surface area contributed by atoms with Gasteiger partial charge in [-0.05, 0) is 45.1 Å². The highest BCUT2D eigenvalue weighted by atomic mass is 19.4. The molecule has 14 nitrogen and oxygen atoms in total. The lowest BCUT2D eigenvalue weighted by atomic mass is 9.94. The van der Waals surface area contributed by atoms with Crippen LogP contribution in [0.15, 0.2) is 18.2 Å². The van der Waals surface area contributed by atoms with Crippen molar-refractivity contribution in [3.05, 3.63) is 23.9 Å². The maximum atomic E-state index is 13.4. The summed E-state index contributed by atoms with van der Waals surface area (Å²) >= 11 is 0. The summed E-state index contributed by atoms with van der Waals surface area (Å²) in [5.41, 5.74) is -0.123. The van der Waals surface area contributed by atoms with Crippen LogP contribution in [0.2, 0.25) is 0 Å². The number of carbonyl (C=O) groups is 6. The van der Waals surface area contributed by atoms with Crippen LogP contribution in [0.4, 0.5) is 18.0 Å². The molecule has 1 fully saturated rings. The molecule has 1 aromatic heterocycles. The molecule has 0 spiro atoms. The van der Waals surface area contributed by atoms with Gasteiger partial charge in [-0.2, -0.15) is 0 Å². The molecule has 0 bridgehead atoms. The van der Waals surface area contributed by atoms with E-state index >= 15 is 0 Å². The Morgan fingerprint density at radius 3 is 2.18 bits per heavy atom. The first-order valence-electron chi connectivity index (χ1n) is 13.9. The van der Waals surface area contributed by atoms with Gasteiger partial charge in [-0.3, -0.25) is 24.0 Å². The largest absolute Gasteiger partial charge is 0.574 e. The van der Waals surface area contributed by atoms with E-state index in [0.29, 0.717) is 13.0 Å². The summed E-state index contributed by atoms with van der Waals surface area (Å²) in [6, 6.07) is -1.37. The van der Waals surface area contributed by atoms with E-state index < -0.39 is 72.3 Å². The lowest BCUT2D eigenvalue weighted by molar-refractivity contribution is -0.276. The first kappa shape index (κ1) is 35.8. The van der Waals surface area contributed by atoms with Crippen LogP contribution < -0.4 is 31.3 Å². The van der Waals surface area contributed by atoms with Gasteiger partial charge in [0.25, 0.3) is 5.91 Å². The number of carboxylic acid groups (broad SMARTS) is 1. The van der Waals surface area contributed by atoms with Crippen LogP contribution in [-0.4, -0.2) is 82.7 Å². The van der Waals surface area contributed by atoms with Gasteiger partial charge in [-0.1, -0.05) is 19.9 Å². The minimum absolute atomic E-state index is 0.0214. The SMILES string of the molecule is CC(C)C[C@H](NC(=O)[C@H](Cc1cccc(OC(F)(F)F)n1)NC(=O)O)C(=O)N[C@@H](C[C@@H]1CCNC1=O)C(=O)C(=O)NC(C)C. The molecule has 0 aliphatic carbocycles. The number of alkyl halides is 3. The molecule has 5 amide bonds. The molecule has 6 N–H and O–H groups in total. The predicted molar refractivity (Wildman–Crippen MR) is 147 cm³/mol. The molecular formula is C27H37F3N6O8. The molecule has 0 radical (unpaired) electrons. The Hall–Kier alpha value is -4.44. The third kappa shape index (κ3) is 12.0. The van der Waals surface area contributed by atoms with Crippen molar-refractivity contribution in [2.75, 3.05) is 6.54 Å². The van der Waals surface area contributed by atoms with Crippen LogP contribution in [0.5, 0.6) is 5.88 Å². The molecule has 1 aliphatic heterocycles. The average molecular weight is 631 g/mol. The summed E-state index contributed by atoms with van der Waals surface area (Å²) in [6.07, 6.45) is -6.94. The molecule has 0 unspecified atom stereocenters. The van der Waals surface area contributed by atoms with Crippen molar-refractivity contribution in [1.29, 1.82) is 0 Å². The molecule has 244 valence electrons. The Labute approximate surface area is 251 Å². The fraction of sp³-hybridized carbons (Fsp3) is 0.593. The zero-order valence-corrected chi connectivity index (χ0v) is 24.6. The number of Topliss-reactive ketones (excluding diaryl/α,β-unsaturated/α-hetero) is 1. The van der Waals surface area contributed by atoms with Crippen molar-refractivity contribution in [2.24, 2.45) is 11.8 Å². The molecule has 0 saturated carbocycles. The Morgan fingerprint density at radius 1 is 1.00 bits per heavy atom. The lowest BCUT2D eigenvalue weighted by Crippen LogP contribution is -2.57. The summed E-state index contributed by atoms with van der Waals surface area (Å²) < 4.78 is 41.6. The molecule has 1 aliphatic rings. The van der Waals surface area contributed by atoms with Gasteiger partial charge in [-0.15, -0.1) is 13.2 Å². The number of hydrogen-bond donors (Lipinski definition) is 6. The second-order valence-corrected chi connectivity index (χ2v) is 11.0. The maximum Gasteiger partial charge on any atom is 0.574 e. The molecule has 1 saturated heterocycles. The summed E-state index contributed by atoms with van der Waals surface area (Å²) in [5.74, 6) is -5.84. The molecule has 4 atom stereocenters. The van der Waals surface area contributed by atoms with E-state index in [0.717, 1.165) is 6.07 Å². The zero-order chi connectivity index (χ0) is 33.2. The highest BCUT2D eigenvalue weighted by molar-refractivity contribution is 6.38. The molecule has 2 heterocycles. The number of hydrogen-bond acceptors (Lipinski definition) is 8. The minimum Gasteiger partial charge on any atom is -0.465 e. The highest BCUT2D eigenvalue weighted by Gasteiger charge is 2.37. The Morgan fingerprint density at radius 2 is 1.64 bits per heavy atom. The molecule has 1 aromatic rings. The van der Waals surface area contributed by atoms with Gasteiger partial charge in [0.05, 0.1) is 6.04 Å². The van der Waals surface area contributed by atoms with Gasteiger partial charge in [0.15, 0.2) is 0 Å². The van der Waals surface area contributed by atoms with E-state index in [1.165, 1.54) is 12.1 Å². The number of pyridine rings is 1. The Kier molecular flexibility index (Phi) is 12.9. The fourth-order valence-electron chi connectivity index (χ4n) is 4.44.